The summed E-state index contributed by atoms with van der Waals surface area (Å²) in [5.41, 5.74) is 2.36. The number of para-hydroxylation sites is 2. The van der Waals surface area contributed by atoms with E-state index in [1.807, 2.05) is 64.8 Å². The van der Waals surface area contributed by atoms with Gasteiger partial charge < -0.3 is 4.90 Å². The molecule has 1 atom stereocenters. The van der Waals surface area contributed by atoms with Crippen LogP contribution in [-0.4, -0.2) is 48.3 Å². The second-order valence-electron chi connectivity index (χ2n) is 8.50. The highest BCUT2D eigenvalue weighted by Gasteiger charge is 2.26. The highest BCUT2D eigenvalue weighted by Crippen LogP contribution is 2.26. The van der Waals surface area contributed by atoms with E-state index in [0.29, 0.717) is 28.1 Å². The number of hydrogen-bond donors (Lipinski definition) is 0. The summed E-state index contributed by atoms with van der Waals surface area (Å²) in [4.78, 5) is 28.5. The van der Waals surface area contributed by atoms with Crippen LogP contribution in [0.5, 0.6) is 0 Å². The van der Waals surface area contributed by atoms with Crippen molar-refractivity contribution in [3.63, 3.8) is 0 Å². The standard InChI is InChI=1S/C25H27N5O2S/c1-3-18-11-8-9-15-28(18)22(31)16-33-25-27-26-24-29(20-13-6-4-10-17(20)2)23(32)19-12-5-7-14-21(19)30(24)25/h4-7,10,12-14,18H,3,8-9,11,15-16H2,1-2H3. The zero-order chi connectivity index (χ0) is 22.9. The van der Waals surface area contributed by atoms with E-state index in [4.69, 9.17) is 0 Å². The fraction of sp³-hybridized carbons (Fsp3) is 0.360. The number of thioether (sulfide) groups is 1. The molecule has 3 heterocycles. The van der Waals surface area contributed by atoms with Gasteiger partial charge in [-0.2, -0.15) is 0 Å². The molecule has 1 unspecified atom stereocenters. The smallest absolute Gasteiger partial charge is 0.267 e. The van der Waals surface area contributed by atoms with Gasteiger partial charge >= 0.3 is 0 Å². The summed E-state index contributed by atoms with van der Waals surface area (Å²) in [7, 11) is 0. The Morgan fingerprint density at radius 1 is 1.09 bits per heavy atom. The molecule has 8 heteroatoms. The number of carbonyl (C=O) groups is 1. The van der Waals surface area contributed by atoms with Crippen molar-refractivity contribution in [3.8, 4) is 5.69 Å². The van der Waals surface area contributed by atoms with Crippen molar-refractivity contribution in [2.75, 3.05) is 12.3 Å². The van der Waals surface area contributed by atoms with Crippen LogP contribution in [0.25, 0.3) is 22.4 Å². The molecule has 4 aromatic rings. The lowest BCUT2D eigenvalue weighted by Crippen LogP contribution is -2.44. The maximum absolute atomic E-state index is 13.5. The molecule has 2 aromatic carbocycles. The van der Waals surface area contributed by atoms with Crippen molar-refractivity contribution >= 4 is 34.3 Å². The SMILES string of the molecule is CCC1CCCCN1C(=O)CSc1nnc2n(-c3ccccc3C)c(=O)c3ccccc3n12. The van der Waals surface area contributed by atoms with Gasteiger partial charge in [0.25, 0.3) is 5.56 Å². The number of hydrogen-bond acceptors (Lipinski definition) is 5. The van der Waals surface area contributed by atoms with Gasteiger partial charge in [0, 0.05) is 12.6 Å². The number of rotatable bonds is 5. The molecule has 0 aliphatic carbocycles. The van der Waals surface area contributed by atoms with Crippen LogP contribution < -0.4 is 5.56 Å². The number of amides is 1. The topological polar surface area (TPSA) is 72.5 Å². The van der Waals surface area contributed by atoms with Gasteiger partial charge in [0.05, 0.1) is 22.3 Å². The van der Waals surface area contributed by atoms with Crippen LogP contribution in [0.1, 0.15) is 38.2 Å². The lowest BCUT2D eigenvalue weighted by atomic mass is 10.0. The number of likely N-dealkylation sites (tertiary alicyclic amines) is 1. The zero-order valence-corrected chi connectivity index (χ0v) is 19.7. The van der Waals surface area contributed by atoms with Gasteiger partial charge in [-0.25, -0.2) is 4.57 Å². The number of carbonyl (C=O) groups excluding carboxylic acids is 1. The Bertz CT molecular complexity index is 1390. The Labute approximate surface area is 196 Å². The van der Waals surface area contributed by atoms with E-state index in [9.17, 15) is 9.59 Å². The van der Waals surface area contributed by atoms with E-state index in [0.717, 1.165) is 42.6 Å². The van der Waals surface area contributed by atoms with Crippen molar-refractivity contribution in [2.45, 2.75) is 50.7 Å². The van der Waals surface area contributed by atoms with Crippen LogP contribution in [-0.2, 0) is 4.79 Å². The normalized spacial score (nSPS) is 16.5. The summed E-state index contributed by atoms with van der Waals surface area (Å²) in [6, 6.07) is 15.6. The number of aryl methyl sites for hydroxylation is 1. The molecular formula is C25H27N5O2S. The van der Waals surface area contributed by atoms with Gasteiger partial charge in [-0.05, 0) is 56.4 Å². The molecule has 1 aliphatic rings. The second-order valence-corrected chi connectivity index (χ2v) is 9.44. The van der Waals surface area contributed by atoms with E-state index in [-0.39, 0.29) is 11.5 Å². The Hall–Kier alpha value is -3.13. The molecule has 7 nitrogen and oxygen atoms in total. The average molecular weight is 462 g/mol. The molecule has 1 saturated heterocycles. The monoisotopic (exact) mass is 461 g/mol. The van der Waals surface area contributed by atoms with Crippen LogP contribution in [0.15, 0.2) is 58.5 Å². The quantitative estimate of drug-likeness (QED) is 0.416. The van der Waals surface area contributed by atoms with Crippen molar-refractivity contribution in [1.82, 2.24) is 24.1 Å². The van der Waals surface area contributed by atoms with Crippen molar-refractivity contribution in [3.05, 3.63) is 64.4 Å². The van der Waals surface area contributed by atoms with E-state index >= 15 is 0 Å². The Balaban J connectivity index is 1.58. The van der Waals surface area contributed by atoms with Gasteiger partial charge in [-0.1, -0.05) is 49.0 Å². The molecule has 5 rings (SSSR count). The van der Waals surface area contributed by atoms with Crippen LogP contribution in [0.2, 0.25) is 0 Å². The first-order chi connectivity index (χ1) is 16.1. The molecule has 0 N–H and O–H groups in total. The number of nitrogens with zero attached hydrogens (tertiary/aromatic N) is 5. The fourth-order valence-corrected chi connectivity index (χ4v) is 5.59. The average Bonchev–Trinajstić information content (AvgIpc) is 3.27. The van der Waals surface area contributed by atoms with Crippen LogP contribution in [0, 0.1) is 6.92 Å². The number of piperidine rings is 1. The predicted octanol–water partition coefficient (Wildman–Crippen LogP) is 4.23. The summed E-state index contributed by atoms with van der Waals surface area (Å²) >= 11 is 1.38. The molecule has 33 heavy (non-hydrogen) atoms. The lowest BCUT2D eigenvalue weighted by Gasteiger charge is -2.35. The first-order valence-corrected chi connectivity index (χ1v) is 12.5. The second kappa shape index (κ2) is 9.02. The fourth-order valence-electron chi connectivity index (χ4n) is 4.77. The van der Waals surface area contributed by atoms with Gasteiger partial charge in [0.2, 0.25) is 11.7 Å². The number of fused-ring (bicyclic) bond motifs is 3. The molecule has 1 fully saturated rings. The van der Waals surface area contributed by atoms with Crippen molar-refractivity contribution < 1.29 is 4.79 Å². The summed E-state index contributed by atoms with van der Waals surface area (Å²) in [6.07, 6.45) is 4.31. The number of aromatic nitrogens is 4. The van der Waals surface area contributed by atoms with E-state index in [1.54, 1.807) is 4.57 Å². The maximum atomic E-state index is 13.5. The van der Waals surface area contributed by atoms with E-state index in [1.165, 1.54) is 18.2 Å². The third-order valence-electron chi connectivity index (χ3n) is 6.49. The molecule has 1 amide bonds. The third-order valence-corrected chi connectivity index (χ3v) is 7.41. The summed E-state index contributed by atoms with van der Waals surface area (Å²) < 4.78 is 3.52. The number of benzene rings is 2. The Morgan fingerprint density at radius 3 is 2.70 bits per heavy atom. The van der Waals surface area contributed by atoms with Gasteiger partial charge in [0.15, 0.2) is 5.16 Å². The van der Waals surface area contributed by atoms with Crippen LogP contribution >= 0.6 is 11.8 Å². The first kappa shape index (κ1) is 21.7. The highest BCUT2D eigenvalue weighted by atomic mass is 32.2. The molecule has 1 aliphatic heterocycles. The molecular weight excluding hydrogens is 434 g/mol. The largest absolute Gasteiger partial charge is 0.339 e. The summed E-state index contributed by atoms with van der Waals surface area (Å²) in [5.74, 6) is 0.891. The minimum absolute atomic E-state index is 0.133. The first-order valence-electron chi connectivity index (χ1n) is 11.5. The maximum Gasteiger partial charge on any atom is 0.267 e. The Kier molecular flexibility index (Phi) is 5.93. The Morgan fingerprint density at radius 2 is 1.88 bits per heavy atom. The third kappa shape index (κ3) is 3.82. The summed E-state index contributed by atoms with van der Waals surface area (Å²) in [6.45, 7) is 4.95. The lowest BCUT2D eigenvalue weighted by molar-refractivity contribution is -0.132. The van der Waals surface area contributed by atoms with Gasteiger partial charge in [-0.15, -0.1) is 10.2 Å². The van der Waals surface area contributed by atoms with E-state index in [2.05, 4.69) is 17.1 Å². The van der Waals surface area contributed by atoms with Crippen molar-refractivity contribution in [1.29, 1.82) is 0 Å². The van der Waals surface area contributed by atoms with Crippen LogP contribution in [0.3, 0.4) is 0 Å². The molecule has 0 radical (unpaired) electrons. The van der Waals surface area contributed by atoms with E-state index < -0.39 is 0 Å². The molecule has 0 bridgehead atoms. The zero-order valence-electron chi connectivity index (χ0n) is 18.9. The molecule has 2 aromatic heterocycles. The van der Waals surface area contributed by atoms with Gasteiger partial charge in [-0.3, -0.25) is 14.0 Å². The van der Waals surface area contributed by atoms with Crippen molar-refractivity contribution in [2.24, 2.45) is 0 Å². The molecule has 0 saturated carbocycles. The molecule has 170 valence electrons. The minimum atomic E-state index is -0.133. The predicted molar refractivity (Wildman–Crippen MR) is 131 cm³/mol. The highest BCUT2D eigenvalue weighted by molar-refractivity contribution is 7.99. The summed E-state index contributed by atoms with van der Waals surface area (Å²) in [5, 5.41) is 10.0. The van der Waals surface area contributed by atoms with Crippen LogP contribution in [0.4, 0.5) is 0 Å². The van der Waals surface area contributed by atoms with Gasteiger partial charge in [0.1, 0.15) is 0 Å². The minimum Gasteiger partial charge on any atom is -0.339 e. The molecule has 0 spiro atoms.